The maximum atomic E-state index is 12.5. The van der Waals surface area contributed by atoms with Crippen molar-refractivity contribution in [2.75, 3.05) is 19.6 Å². The smallest absolute Gasteiger partial charge is 0.251 e. The minimum absolute atomic E-state index is 0.0110. The number of likely N-dealkylation sites (tertiary alicyclic amines) is 1. The first-order chi connectivity index (χ1) is 15.6. The summed E-state index contributed by atoms with van der Waals surface area (Å²) in [5.74, 6) is 0.587. The number of benzene rings is 2. The van der Waals surface area contributed by atoms with Gasteiger partial charge in [-0.15, -0.1) is 0 Å². The SMILES string of the molecule is O=C1CC[C@@H](C(=O)N2CCC(Oc3ccc(C(=O)NCCc4ccccc4)cc3)CC2)N1. The van der Waals surface area contributed by atoms with Gasteiger partial charge in [0.05, 0.1) is 0 Å². The van der Waals surface area contributed by atoms with Crippen LogP contribution in [0.25, 0.3) is 0 Å². The molecule has 0 unspecified atom stereocenters. The van der Waals surface area contributed by atoms with E-state index in [9.17, 15) is 14.4 Å². The highest BCUT2D eigenvalue weighted by molar-refractivity contribution is 5.94. The molecular weight excluding hydrogens is 406 g/mol. The zero-order valence-electron chi connectivity index (χ0n) is 18.1. The summed E-state index contributed by atoms with van der Waals surface area (Å²) in [5.41, 5.74) is 1.79. The Labute approximate surface area is 188 Å². The third-order valence-electron chi connectivity index (χ3n) is 6.01. The van der Waals surface area contributed by atoms with Gasteiger partial charge < -0.3 is 20.3 Å². The van der Waals surface area contributed by atoms with Crippen LogP contribution in [0.1, 0.15) is 41.6 Å². The molecule has 7 heteroatoms. The lowest BCUT2D eigenvalue weighted by atomic mass is 10.1. The molecule has 0 spiro atoms. The molecule has 2 aliphatic heterocycles. The Morgan fingerprint density at radius 3 is 2.38 bits per heavy atom. The highest BCUT2D eigenvalue weighted by Crippen LogP contribution is 2.21. The Kier molecular flexibility index (Phi) is 7.04. The second-order valence-electron chi connectivity index (χ2n) is 8.32. The molecule has 0 aromatic heterocycles. The second-order valence-corrected chi connectivity index (χ2v) is 8.32. The maximum absolute atomic E-state index is 12.5. The molecule has 0 saturated carbocycles. The van der Waals surface area contributed by atoms with Gasteiger partial charge in [0.2, 0.25) is 11.8 Å². The third-order valence-corrected chi connectivity index (χ3v) is 6.01. The summed E-state index contributed by atoms with van der Waals surface area (Å²) < 4.78 is 6.06. The van der Waals surface area contributed by atoms with Gasteiger partial charge >= 0.3 is 0 Å². The lowest BCUT2D eigenvalue weighted by molar-refractivity contribution is -0.136. The maximum Gasteiger partial charge on any atom is 0.251 e. The first-order valence-electron chi connectivity index (χ1n) is 11.3. The zero-order chi connectivity index (χ0) is 22.3. The standard InChI is InChI=1S/C25H29N3O4/c29-23-11-10-22(27-23)25(31)28-16-13-21(14-17-28)32-20-8-6-19(7-9-20)24(30)26-15-12-18-4-2-1-3-5-18/h1-9,21-22H,10-17H2,(H,26,30)(H,27,29)/t22-/m0/s1. The molecule has 2 aliphatic rings. The highest BCUT2D eigenvalue weighted by Gasteiger charge is 2.33. The van der Waals surface area contributed by atoms with E-state index in [0.717, 1.165) is 25.0 Å². The van der Waals surface area contributed by atoms with Gasteiger partial charge in [-0.3, -0.25) is 14.4 Å². The van der Waals surface area contributed by atoms with E-state index in [4.69, 9.17) is 4.74 Å². The molecule has 168 valence electrons. The summed E-state index contributed by atoms with van der Waals surface area (Å²) in [7, 11) is 0. The molecule has 32 heavy (non-hydrogen) atoms. The molecule has 4 rings (SSSR count). The van der Waals surface area contributed by atoms with Crippen molar-refractivity contribution in [2.45, 2.75) is 44.2 Å². The normalized spacial score (nSPS) is 18.8. The number of piperidine rings is 1. The number of amides is 3. The molecule has 3 amide bonds. The lowest BCUT2D eigenvalue weighted by Crippen LogP contribution is -2.49. The highest BCUT2D eigenvalue weighted by atomic mass is 16.5. The van der Waals surface area contributed by atoms with Crippen LogP contribution in [0, 0.1) is 0 Å². The molecule has 2 heterocycles. The number of carbonyl (C=O) groups is 3. The molecule has 2 fully saturated rings. The van der Waals surface area contributed by atoms with Crippen molar-refractivity contribution in [3.8, 4) is 5.75 Å². The molecule has 1 atom stereocenters. The van der Waals surface area contributed by atoms with Gasteiger partial charge in [-0.25, -0.2) is 0 Å². The zero-order valence-corrected chi connectivity index (χ0v) is 18.1. The van der Waals surface area contributed by atoms with E-state index < -0.39 is 0 Å². The van der Waals surface area contributed by atoms with Crippen LogP contribution >= 0.6 is 0 Å². The summed E-state index contributed by atoms with van der Waals surface area (Å²) in [6.07, 6.45) is 3.32. The fraction of sp³-hybridized carbons (Fsp3) is 0.400. The fourth-order valence-electron chi connectivity index (χ4n) is 4.16. The van der Waals surface area contributed by atoms with Gasteiger partial charge in [-0.05, 0) is 42.7 Å². The minimum Gasteiger partial charge on any atom is -0.490 e. The Balaban J connectivity index is 1.20. The number of hydrogen-bond acceptors (Lipinski definition) is 4. The minimum atomic E-state index is -0.369. The van der Waals surface area contributed by atoms with E-state index in [1.54, 1.807) is 12.1 Å². The molecule has 2 aromatic carbocycles. The van der Waals surface area contributed by atoms with Crippen molar-refractivity contribution < 1.29 is 19.1 Å². The van der Waals surface area contributed by atoms with E-state index >= 15 is 0 Å². The van der Waals surface area contributed by atoms with E-state index in [2.05, 4.69) is 10.6 Å². The molecule has 2 aromatic rings. The predicted octanol–water partition coefficient (Wildman–Crippen LogP) is 2.31. The van der Waals surface area contributed by atoms with Gasteiger partial charge in [0.15, 0.2) is 0 Å². The van der Waals surface area contributed by atoms with Gasteiger partial charge in [-0.1, -0.05) is 30.3 Å². The summed E-state index contributed by atoms with van der Waals surface area (Å²) in [6, 6.07) is 16.9. The van der Waals surface area contributed by atoms with Crippen LogP contribution < -0.4 is 15.4 Å². The fourth-order valence-corrected chi connectivity index (χ4v) is 4.16. The topological polar surface area (TPSA) is 87.7 Å². The Bertz CT molecular complexity index is 937. The molecule has 2 saturated heterocycles. The predicted molar refractivity (Wildman–Crippen MR) is 120 cm³/mol. The number of carbonyl (C=O) groups excluding carboxylic acids is 3. The van der Waals surface area contributed by atoms with Crippen molar-refractivity contribution in [3.63, 3.8) is 0 Å². The van der Waals surface area contributed by atoms with E-state index in [1.165, 1.54) is 5.56 Å². The summed E-state index contributed by atoms with van der Waals surface area (Å²) in [6.45, 7) is 1.83. The van der Waals surface area contributed by atoms with Crippen LogP contribution in [-0.4, -0.2) is 54.4 Å². The number of nitrogens with one attached hydrogen (secondary N) is 2. The van der Waals surface area contributed by atoms with Crippen molar-refractivity contribution in [1.29, 1.82) is 0 Å². The summed E-state index contributed by atoms with van der Waals surface area (Å²) in [5, 5.41) is 5.69. The average Bonchev–Trinajstić information content (AvgIpc) is 3.26. The number of hydrogen-bond donors (Lipinski definition) is 2. The molecular formula is C25H29N3O4. The summed E-state index contributed by atoms with van der Waals surface area (Å²) in [4.78, 5) is 38.0. The third kappa shape index (κ3) is 5.66. The first kappa shape index (κ1) is 21.9. The first-order valence-corrected chi connectivity index (χ1v) is 11.3. The van der Waals surface area contributed by atoms with Crippen molar-refractivity contribution in [1.82, 2.24) is 15.5 Å². The summed E-state index contributed by atoms with van der Waals surface area (Å²) >= 11 is 0. The quantitative estimate of drug-likeness (QED) is 0.699. The lowest BCUT2D eigenvalue weighted by Gasteiger charge is -2.33. The van der Waals surface area contributed by atoms with Gasteiger partial charge in [-0.2, -0.15) is 0 Å². The molecule has 0 aliphatic carbocycles. The molecule has 7 nitrogen and oxygen atoms in total. The van der Waals surface area contributed by atoms with Gasteiger partial charge in [0, 0.05) is 44.5 Å². The van der Waals surface area contributed by atoms with E-state index in [-0.39, 0.29) is 29.9 Å². The molecule has 0 radical (unpaired) electrons. The Hall–Kier alpha value is -3.35. The van der Waals surface area contributed by atoms with Crippen LogP contribution in [-0.2, 0) is 16.0 Å². The Morgan fingerprint density at radius 2 is 1.72 bits per heavy atom. The van der Waals surface area contributed by atoms with E-state index in [0.29, 0.717) is 38.0 Å². The number of nitrogens with zero attached hydrogens (tertiary/aromatic N) is 1. The van der Waals surface area contributed by atoms with Gasteiger partial charge in [0.1, 0.15) is 17.9 Å². The van der Waals surface area contributed by atoms with E-state index in [1.807, 2.05) is 47.4 Å². The van der Waals surface area contributed by atoms with Crippen LogP contribution in [0.15, 0.2) is 54.6 Å². The van der Waals surface area contributed by atoms with Crippen LogP contribution in [0.4, 0.5) is 0 Å². The molecule has 2 N–H and O–H groups in total. The van der Waals surface area contributed by atoms with Crippen LogP contribution in [0.3, 0.4) is 0 Å². The largest absolute Gasteiger partial charge is 0.490 e. The number of rotatable bonds is 7. The van der Waals surface area contributed by atoms with Gasteiger partial charge in [0.25, 0.3) is 5.91 Å². The van der Waals surface area contributed by atoms with Crippen LogP contribution in [0.5, 0.6) is 5.75 Å². The van der Waals surface area contributed by atoms with Crippen molar-refractivity contribution >= 4 is 17.7 Å². The Morgan fingerprint density at radius 1 is 1.00 bits per heavy atom. The monoisotopic (exact) mass is 435 g/mol. The van der Waals surface area contributed by atoms with Crippen LogP contribution in [0.2, 0.25) is 0 Å². The van der Waals surface area contributed by atoms with Crippen molar-refractivity contribution in [2.24, 2.45) is 0 Å². The average molecular weight is 436 g/mol. The van der Waals surface area contributed by atoms with Crippen molar-refractivity contribution in [3.05, 3.63) is 65.7 Å². The second kappa shape index (κ2) is 10.3. The molecule has 0 bridgehead atoms. The number of ether oxygens (including phenoxy) is 1.